The minimum absolute atomic E-state index is 0.215. The van der Waals surface area contributed by atoms with E-state index in [0.29, 0.717) is 19.4 Å². The molecule has 3 rings (SSSR count). The Kier molecular flexibility index (Phi) is 5.79. The van der Waals surface area contributed by atoms with Gasteiger partial charge in [-0.05, 0) is 37.9 Å². The highest BCUT2D eigenvalue weighted by molar-refractivity contribution is 6.08. The van der Waals surface area contributed by atoms with E-state index in [1.807, 2.05) is 19.2 Å². The summed E-state index contributed by atoms with van der Waals surface area (Å²) < 4.78 is 0. The zero-order chi connectivity index (χ0) is 19.4. The van der Waals surface area contributed by atoms with E-state index in [4.69, 9.17) is 0 Å². The third-order valence-electron chi connectivity index (χ3n) is 5.53. The van der Waals surface area contributed by atoms with Crippen molar-refractivity contribution in [3.8, 4) is 0 Å². The van der Waals surface area contributed by atoms with Crippen LogP contribution in [-0.2, 0) is 16.1 Å². The molecule has 1 saturated carbocycles. The molecule has 2 aliphatic rings. The maximum atomic E-state index is 12.7. The van der Waals surface area contributed by atoms with Crippen molar-refractivity contribution in [2.45, 2.75) is 57.5 Å². The van der Waals surface area contributed by atoms with Gasteiger partial charge in [-0.3, -0.25) is 15.0 Å². The molecule has 0 unspecified atom stereocenters. The minimum atomic E-state index is -0.815. The van der Waals surface area contributed by atoms with Crippen LogP contribution in [0.4, 0.5) is 4.79 Å². The van der Waals surface area contributed by atoms with E-state index < -0.39 is 11.6 Å². The van der Waals surface area contributed by atoms with Crippen LogP contribution in [0.15, 0.2) is 24.3 Å². The summed E-state index contributed by atoms with van der Waals surface area (Å²) >= 11 is 0. The standard InChI is InChI=1S/C20H28N4O3/c1-15-8-4-5-9-16(15)14-23(2)13-10-17(25)22-24-18(26)20(21-19(24)27)11-6-3-7-12-20/h4-5,8-9H,3,6-7,10-14H2,1-2H3,(H,21,27)(H,22,25). The molecule has 0 atom stereocenters. The van der Waals surface area contributed by atoms with Gasteiger partial charge in [0.15, 0.2) is 0 Å². The van der Waals surface area contributed by atoms with E-state index in [2.05, 4.69) is 34.7 Å². The number of amides is 4. The summed E-state index contributed by atoms with van der Waals surface area (Å²) in [5, 5.41) is 3.66. The Labute approximate surface area is 160 Å². The summed E-state index contributed by atoms with van der Waals surface area (Å²) in [4.78, 5) is 39.2. The van der Waals surface area contributed by atoms with Crippen molar-refractivity contribution in [2.75, 3.05) is 13.6 Å². The molecule has 1 spiro atoms. The zero-order valence-corrected chi connectivity index (χ0v) is 16.1. The normalized spacial score (nSPS) is 18.9. The van der Waals surface area contributed by atoms with Crippen LogP contribution < -0.4 is 10.7 Å². The number of nitrogens with zero attached hydrogens (tertiary/aromatic N) is 2. The lowest BCUT2D eigenvalue weighted by Gasteiger charge is -2.30. The van der Waals surface area contributed by atoms with Crippen LogP contribution in [0.3, 0.4) is 0 Å². The highest BCUT2D eigenvalue weighted by Crippen LogP contribution is 2.32. The van der Waals surface area contributed by atoms with Crippen LogP contribution in [0.2, 0.25) is 0 Å². The van der Waals surface area contributed by atoms with E-state index in [-0.39, 0.29) is 18.2 Å². The number of carbonyl (C=O) groups excluding carboxylic acids is 3. The number of imide groups is 1. The summed E-state index contributed by atoms with van der Waals surface area (Å²) in [6, 6.07) is 7.62. The van der Waals surface area contributed by atoms with Crippen LogP contribution in [-0.4, -0.2) is 46.9 Å². The number of benzene rings is 1. The maximum absolute atomic E-state index is 12.7. The van der Waals surface area contributed by atoms with Gasteiger partial charge in [-0.1, -0.05) is 43.5 Å². The number of hydrazine groups is 1. The molecule has 0 radical (unpaired) electrons. The molecule has 4 amide bonds. The predicted molar refractivity (Wildman–Crippen MR) is 101 cm³/mol. The molecule has 146 valence electrons. The lowest BCUT2D eigenvalue weighted by Crippen LogP contribution is -2.51. The highest BCUT2D eigenvalue weighted by Gasteiger charge is 2.52. The fourth-order valence-corrected chi connectivity index (χ4v) is 3.85. The first-order valence-electron chi connectivity index (χ1n) is 9.60. The molecule has 7 heteroatoms. The third kappa shape index (κ3) is 4.30. The molecule has 1 saturated heterocycles. The second-order valence-electron chi connectivity index (χ2n) is 7.66. The second kappa shape index (κ2) is 8.08. The van der Waals surface area contributed by atoms with Crippen molar-refractivity contribution < 1.29 is 14.4 Å². The van der Waals surface area contributed by atoms with Gasteiger partial charge in [0, 0.05) is 19.5 Å². The zero-order valence-electron chi connectivity index (χ0n) is 16.1. The van der Waals surface area contributed by atoms with Crippen LogP contribution in [0.5, 0.6) is 0 Å². The van der Waals surface area contributed by atoms with E-state index in [9.17, 15) is 14.4 Å². The van der Waals surface area contributed by atoms with Crippen LogP contribution in [0, 0.1) is 6.92 Å². The Hall–Kier alpha value is -2.41. The van der Waals surface area contributed by atoms with Gasteiger partial charge in [-0.15, -0.1) is 0 Å². The number of rotatable bonds is 6. The van der Waals surface area contributed by atoms with Crippen molar-refractivity contribution in [3.63, 3.8) is 0 Å². The second-order valence-corrected chi connectivity index (χ2v) is 7.66. The molecule has 1 aromatic rings. The lowest BCUT2D eigenvalue weighted by atomic mass is 9.82. The van der Waals surface area contributed by atoms with Gasteiger partial charge < -0.3 is 10.2 Å². The van der Waals surface area contributed by atoms with Crippen molar-refractivity contribution in [1.29, 1.82) is 0 Å². The first kappa shape index (κ1) is 19.4. The first-order chi connectivity index (χ1) is 12.9. The summed E-state index contributed by atoms with van der Waals surface area (Å²) in [5.74, 6) is -0.656. The van der Waals surface area contributed by atoms with E-state index >= 15 is 0 Å². The van der Waals surface area contributed by atoms with E-state index in [1.54, 1.807) is 0 Å². The average Bonchev–Trinajstić information content (AvgIpc) is 2.86. The van der Waals surface area contributed by atoms with Gasteiger partial charge in [-0.25, -0.2) is 4.79 Å². The molecule has 27 heavy (non-hydrogen) atoms. The Morgan fingerprint density at radius 2 is 1.93 bits per heavy atom. The minimum Gasteiger partial charge on any atom is -0.322 e. The molecule has 1 aliphatic carbocycles. The maximum Gasteiger partial charge on any atom is 0.344 e. The van der Waals surface area contributed by atoms with Crippen molar-refractivity contribution in [1.82, 2.24) is 20.7 Å². The van der Waals surface area contributed by atoms with Crippen LogP contribution in [0.1, 0.15) is 49.7 Å². The molecule has 1 aliphatic heterocycles. The molecular weight excluding hydrogens is 344 g/mol. The van der Waals surface area contributed by atoms with Gasteiger partial charge in [0.25, 0.3) is 5.91 Å². The Balaban J connectivity index is 1.50. The summed E-state index contributed by atoms with van der Waals surface area (Å²) in [7, 11) is 1.95. The molecule has 2 fully saturated rings. The molecule has 1 aromatic carbocycles. The Morgan fingerprint density at radius 3 is 2.63 bits per heavy atom. The monoisotopic (exact) mass is 372 g/mol. The lowest BCUT2D eigenvalue weighted by molar-refractivity contribution is -0.140. The number of carbonyl (C=O) groups is 3. The van der Waals surface area contributed by atoms with Gasteiger partial charge in [0.05, 0.1) is 0 Å². The quantitative estimate of drug-likeness (QED) is 0.750. The van der Waals surface area contributed by atoms with Gasteiger partial charge in [0.1, 0.15) is 5.54 Å². The van der Waals surface area contributed by atoms with Gasteiger partial charge in [-0.2, -0.15) is 5.01 Å². The summed E-state index contributed by atoms with van der Waals surface area (Å²) in [5.41, 5.74) is 4.10. The molecule has 0 bridgehead atoms. The number of nitrogens with one attached hydrogen (secondary N) is 2. The van der Waals surface area contributed by atoms with Gasteiger partial charge in [0.2, 0.25) is 5.91 Å². The molecular formula is C20H28N4O3. The highest BCUT2D eigenvalue weighted by atomic mass is 16.2. The van der Waals surface area contributed by atoms with E-state index in [0.717, 1.165) is 30.8 Å². The molecule has 1 heterocycles. The van der Waals surface area contributed by atoms with Gasteiger partial charge >= 0.3 is 6.03 Å². The number of urea groups is 1. The van der Waals surface area contributed by atoms with Crippen molar-refractivity contribution in [2.24, 2.45) is 0 Å². The number of hydrogen-bond acceptors (Lipinski definition) is 4. The SMILES string of the molecule is Cc1ccccc1CN(C)CCC(=O)NN1C(=O)NC2(CCCCC2)C1=O. The molecule has 7 nitrogen and oxygen atoms in total. The fourth-order valence-electron chi connectivity index (χ4n) is 3.85. The van der Waals surface area contributed by atoms with E-state index in [1.165, 1.54) is 11.1 Å². The Morgan fingerprint density at radius 1 is 1.22 bits per heavy atom. The molecule has 2 N–H and O–H groups in total. The average molecular weight is 372 g/mol. The number of hydrogen-bond donors (Lipinski definition) is 2. The Bertz CT molecular complexity index is 728. The fraction of sp³-hybridized carbons (Fsp3) is 0.550. The molecule has 0 aromatic heterocycles. The summed E-state index contributed by atoms with van der Waals surface area (Å²) in [6.07, 6.45) is 4.40. The van der Waals surface area contributed by atoms with Crippen LogP contribution in [0.25, 0.3) is 0 Å². The smallest absolute Gasteiger partial charge is 0.322 e. The largest absolute Gasteiger partial charge is 0.344 e. The number of aryl methyl sites for hydroxylation is 1. The first-order valence-corrected chi connectivity index (χ1v) is 9.60. The van der Waals surface area contributed by atoms with Crippen molar-refractivity contribution >= 4 is 17.8 Å². The van der Waals surface area contributed by atoms with Crippen molar-refractivity contribution in [3.05, 3.63) is 35.4 Å². The predicted octanol–water partition coefficient (Wildman–Crippen LogP) is 2.10. The van der Waals surface area contributed by atoms with Crippen LogP contribution >= 0.6 is 0 Å². The topological polar surface area (TPSA) is 81.8 Å². The third-order valence-corrected chi connectivity index (χ3v) is 5.53. The summed E-state index contributed by atoms with van der Waals surface area (Å²) in [6.45, 7) is 3.34.